The molecule has 1 fully saturated rings. The fraction of sp³-hybridized carbons (Fsp3) is 0.476. The molecular formula is C21H29N7OS. The average molecular weight is 428 g/mol. The molecule has 1 aliphatic heterocycles. The summed E-state index contributed by atoms with van der Waals surface area (Å²) in [4.78, 5) is 9.96. The minimum atomic E-state index is 0.297. The fourth-order valence-corrected chi connectivity index (χ4v) is 4.63. The number of morpholine rings is 1. The average Bonchev–Trinajstić information content (AvgIpc) is 3.39. The van der Waals surface area contributed by atoms with Crippen LogP contribution in [-0.2, 0) is 11.3 Å². The Morgan fingerprint density at radius 3 is 2.83 bits per heavy atom. The number of aliphatic imine (C=N–C) groups is 1. The third-order valence-corrected chi connectivity index (χ3v) is 6.25. The van der Waals surface area contributed by atoms with E-state index in [4.69, 9.17) is 9.73 Å². The van der Waals surface area contributed by atoms with E-state index in [-0.39, 0.29) is 0 Å². The van der Waals surface area contributed by atoms with Gasteiger partial charge in [0.25, 0.3) is 0 Å². The lowest BCUT2D eigenvalue weighted by atomic mass is 10.2. The van der Waals surface area contributed by atoms with Crippen LogP contribution in [0.4, 0.5) is 0 Å². The molecule has 0 saturated carbocycles. The molecule has 160 valence electrons. The van der Waals surface area contributed by atoms with Crippen LogP contribution < -0.4 is 10.6 Å². The van der Waals surface area contributed by atoms with E-state index in [2.05, 4.69) is 51.7 Å². The summed E-state index contributed by atoms with van der Waals surface area (Å²) in [6, 6.07) is 10.6. The molecular weight excluding hydrogens is 398 g/mol. The third kappa shape index (κ3) is 4.97. The van der Waals surface area contributed by atoms with E-state index in [9.17, 15) is 0 Å². The Balaban J connectivity index is 1.47. The first kappa shape index (κ1) is 20.8. The lowest BCUT2D eigenvalue weighted by Gasteiger charge is -2.34. The molecule has 0 bridgehead atoms. The van der Waals surface area contributed by atoms with Crippen LogP contribution in [-0.4, -0.2) is 64.9 Å². The zero-order chi connectivity index (χ0) is 20.8. The van der Waals surface area contributed by atoms with Crippen molar-refractivity contribution in [3.63, 3.8) is 0 Å². The van der Waals surface area contributed by atoms with E-state index in [1.807, 2.05) is 40.1 Å². The lowest BCUT2D eigenvalue weighted by molar-refractivity contribution is 0.0177. The Bertz CT molecular complexity index is 977. The van der Waals surface area contributed by atoms with Crippen LogP contribution in [0.2, 0.25) is 0 Å². The summed E-state index contributed by atoms with van der Waals surface area (Å²) in [6.07, 6.45) is 1.97. The Morgan fingerprint density at radius 2 is 2.07 bits per heavy atom. The van der Waals surface area contributed by atoms with Gasteiger partial charge in [-0.05, 0) is 38.1 Å². The second kappa shape index (κ2) is 10.0. The number of hydrogen-bond acceptors (Lipinski definition) is 6. The summed E-state index contributed by atoms with van der Waals surface area (Å²) in [5.74, 6) is 1.61. The van der Waals surface area contributed by atoms with Gasteiger partial charge in [0.1, 0.15) is 6.54 Å². The van der Waals surface area contributed by atoms with Crippen LogP contribution in [0.25, 0.3) is 5.65 Å². The molecule has 30 heavy (non-hydrogen) atoms. The van der Waals surface area contributed by atoms with Gasteiger partial charge in [-0.2, -0.15) is 0 Å². The molecule has 9 heteroatoms. The van der Waals surface area contributed by atoms with Gasteiger partial charge in [-0.25, -0.2) is 4.99 Å². The monoisotopic (exact) mass is 427 g/mol. The zero-order valence-electron chi connectivity index (χ0n) is 17.5. The van der Waals surface area contributed by atoms with Gasteiger partial charge in [-0.3, -0.25) is 9.30 Å². The second-order valence-electron chi connectivity index (χ2n) is 7.23. The predicted molar refractivity (Wildman–Crippen MR) is 120 cm³/mol. The largest absolute Gasteiger partial charge is 0.379 e. The summed E-state index contributed by atoms with van der Waals surface area (Å²) in [5.41, 5.74) is 0.834. The Kier molecular flexibility index (Phi) is 6.93. The highest BCUT2D eigenvalue weighted by molar-refractivity contribution is 7.12. The molecule has 3 aromatic rings. The maximum Gasteiger partial charge on any atom is 0.191 e. The number of rotatable bonds is 7. The number of thiophene rings is 1. The third-order valence-electron chi connectivity index (χ3n) is 5.15. The van der Waals surface area contributed by atoms with E-state index in [1.54, 1.807) is 0 Å². The molecule has 1 aliphatic rings. The number of fused-ring (bicyclic) bond motifs is 1. The molecule has 0 aliphatic carbocycles. The molecule has 1 saturated heterocycles. The summed E-state index contributed by atoms with van der Waals surface area (Å²) in [7, 11) is 0. The van der Waals surface area contributed by atoms with Crippen molar-refractivity contribution in [3.05, 3.63) is 52.1 Å². The van der Waals surface area contributed by atoms with Crippen molar-refractivity contribution in [3.8, 4) is 0 Å². The van der Waals surface area contributed by atoms with Crippen LogP contribution in [0.15, 0.2) is 41.5 Å². The number of aromatic nitrogens is 3. The number of nitrogens with one attached hydrogen (secondary N) is 2. The quantitative estimate of drug-likeness (QED) is 0.445. The number of pyridine rings is 1. The molecule has 0 spiro atoms. The first-order valence-corrected chi connectivity index (χ1v) is 11.2. The predicted octanol–water partition coefficient (Wildman–Crippen LogP) is 2.23. The standard InChI is InChI=1S/C21H29N7OS/c1-3-22-21(24-15-20-26-25-19-6-4-5-9-28(19)20)23-14-17(18-8-7-16(2)30-18)27-10-12-29-13-11-27/h4-9,17H,3,10-15H2,1-2H3,(H2,22,23,24). The van der Waals surface area contributed by atoms with Gasteiger partial charge in [0.2, 0.25) is 0 Å². The number of nitrogens with zero attached hydrogens (tertiary/aromatic N) is 5. The van der Waals surface area contributed by atoms with Crippen LogP contribution in [0.3, 0.4) is 0 Å². The van der Waals surface area contributed by atoms with Crippen LogP contribution >= 0.6 is 11.3 Å². The molecule has 3 aromatic heterocycles. The van der Waals surface area contributed by atoms with E-state index >= 15 is 0 Å². The van der Waals surface area contributed by atoms with E-state index in [1.165, 1.54) is 9.75 Å². The smallest absolute Gasteiger partial charge is 0.191 e. The highest BCUT2D eigenvalue weighted by Gasteiger charge is 2.24. The molecule has 8 nitrogen and oxygen atoms in total. The molecule has 0 amide bonds. The normalized spacial score (nSPS) is 16.7. The highest BCUT2D eigenvalue weighted by Crippen LogP contribution is 2.27. The number of aryl methyl sites for hydroxylation is 1. The van der Waals surface area contributed by atoms with E-state index in [0.29, 0.717) is 12.6 Å². The summed E-state index contributed by atoms with van der Waals surface area (Å²) in [6.45, 7) is 9.74. The topological polar surface area (TPSA) is 79.1 Å². The summed E-state index contributed by atoms with van der Waals surface area (Å²) in [5, 5.41) is 15.4. The lowest BCUT2D eigenvalue weighted by Crippen LogP contribution is -2.46. The van der Waals surface area contributed by atoms with Crippen molar-refractivity contribution in [2.75, 3.05) is 39.4 Å². The first-order chi connectivity index (χ1) is 14.7. The SMILES string of the molecule is CCNC(=NCc1nnc2ccccn12)NCC(c1ccc(C)s1)N1CCOCC1. The maximum atomic E-state index is 5.56. The molecule has 0 radical (unpaired) electrons. The van der Waals surface area contributed by atoms with Gasteiger partial charge in [-0.15, -0.1) is 21.5 Å². The maximum absolute atomic E-state index is 5.56. The highest BCUT2D eigenvalue weighted by atomic mass is 32.1. The molecule has 2 N–H and O–H groups in total. The van der Waals surface area contributed by atoms with Gasteiger partial charge >= 0.3 is 0 Å². The van der Waals surface area contributed by atoms with Gasteiger partial charge in [-0.1, -0.05) is 6.07 Å². The fourth-order valence-electron chi connectivity index (χ4n) is 3.61. The van der Waals surface area contributed by atoms with Gasteiger partial charge < -0.3 is 15.4 Å². The molecule has 4 rings (SSSR count). The minimum Gasteiger partial charge on any atom is -0.379 e. The van der Waals surface area contributed by atoms with Gasteiger partial charge in [0, 0.05) is 42.1 Å². The first-order valence-electron chi connectivity index (χ1n) is 10.4. The van der Waals surface area contributed by atoms with Gasteiger partial charge in [0.15, 0.2) is 17.4 Å². The Morgan fingerprint density at radius 1 is 1.20 bits per heavy atom. The number of hydrogen-bond donors (Lipinski definition) is 2. The van der Waals surface area contributed by atoms with Crippen molar-refractivity contribution in [1.29, 1.82) is 0 Å². The Hall–Kier alpha value is -2.49. The van der Waals surface area contributed by atoms with Crippen molar-refractivity contribution in [1.82, 2.24) is 30.1 Å². The molecule has 4 heterocycles. The summed E-state index contributed by atoms with van der Waals surface area (Å²) >= 11 is 1.86. The van der Waals surface area contributed by atoms with E-state index < -0.39 is 0 Å². The Labute approximate surface area is 181 Å². The van der Waals surface area contributed by atoms with Crippen molar-refractivity contribution >= 4 is 22.9 Å². The van der Waals surface area contributed by atoms with Gasteiger partial charge in [0.05, 0.1) is 19.3 Å². The van der Waals surface area contributed by atoms with Crippen LogP contribution in [0.1, 0.15) is 28.5 Å². The van der Waals surface area contributed by atoms with E-state index in [0.717, 1.165) is 56.8 Å². The molecule has 1 unspecified atom stereocenters. The zero-order valence-corrected chi connectivity index (χ0v) is 18.4. The summed E-state index contributed by atoms with van der Waals surface area (Å²) < 4.78 is 7.53. The van der Waals surface area contributed by atoms with Crippen molar-refractivity contribution in [2.24, 2.45) is 4.99 Å². The second-order valence-corrected chi connectivity index (χ2v) is 8.55. The van der Waals surface area contributed by atoms with Crippen LogP contribution in [0.5, 0.6) is 0 Å². The van der Waals surface area contributed by atoms with Crippen molar-refractivity contribution < 1.29 is 4.74 Å². The van der Waals surface area contributed by atoms with Crippen molar-refractivity contribution in [2.45, 2.75) is 26.4 Å². The minimum absolute atomic E-state index is 0.297. The van der Waals surface area contributed by atoms with Crippen LogP contribution in [0, 0.1) is 6.92 Å². The number of guanidine groups is 1. The molecule has 1 atom stereocenters. The number of ether oxygens (including phenoxy) is 1. The molecule has 0 aromatic carbocycles.